The van der Waals surface area contributed by atoms with Crippen LogP contribution in [-0.2, 0) is 0 Å². The molecule has 0 spiro atoms. The molecule has 25 heavy (non-hydrogen) atoms. The van der Waals surface area contributed by atoms with E-state index in [-0.39, 0.29) is 5.69 Å². The maximum absolute atomic E-state index is 11.3. The molecule has 0 amide bonds. The number of benzene rings is 2. The zero-order valence-electron chi connectivity index (χ0n) is 13.1. The molecule has 1 aromatic heterocycles. The monoisotopic (exact) mass is 324 g/mol. The van der Waals surface area contributed by atoms with Crippen LogP contribution in [0.25, 0.3) is 0 Å². The van der Waals surface area contributed by atoms with E-state index in [9.17, 15) is 10.1 Å². The van der Waals surface area contributed by atoms with Crippen LogP contribution in [0.3, 0.4) is 0 Å². The predicted molar refractivity (Wildman–Crippen MR) is 95.7 cm³/mol. The van der Waals surface area contributed by atoms with Gasteiger partial charge in [-0.2, -0.15) is 0 Å². The van der Waals surface area contributed by atoms with Crippen molar-refractivity contribution in [2.75, 3.05) is 0 Å². The summed E-state index contributed by atoms with van der Waals surface area (Å²) in [5.41, 5.74) is 2.48. The summed E-state index contributed by atoms with van der Waals surface area (Å²) in [6.07, 6.45) is 3.30. The predicted octanol–water partition coefficient (Wildman–Crippen LogP) is 3.79. The second-order valence-electron chi connectivity index (χ2n) is 5.09. The number of nitro groups is 1. The minimum absolute atomic E-state index is 0.0510. The Morgan fingerprint density at radius 1 is 0.760 bits per heavy atom. The number of rotatable bonds is 1. The van der Waals surface area contributed by atoms with E-state index in [1.807, 2.05) is 30.3 Å². The minimum atomic E-state index is -0.438. The third-order valence-corrected chi connectivity index (χ3v) is 3.34. The van der Waals surface area contributed by atoms with Crippen molar-refractivity contribution in [2.24, 2.45) is 0 Å². The van der Waals surface area contributed by atoms with Gasteiger partial charge in [-0.05, 0) is 36.4 Å². The van der Waals surface area contributed by atoms with Gasteiger partial charge < -0.3 is 0 Å². The third-order valence-electron chi connectivity index (χ3n) is 3.34. The first-order valence-electron chi connectivity index (χ1n) is 7.50. The molecule has 1 heterocycles. The molecular formula is C21H12N2O2. The molecule has 0 bridgehead atoms. The molecule has 4 heteroatoms. The molecule has 4 nitrogen and oxygen atoms in total. The van der Waals surface area contributed by atoms with Crippen molar-refractivity contribution in [3.63, 3.8) is 0 Å². The summed E-state index contributed by atoms with van der Waals surface area (Å²) >= 11 is 0. The highest BCUT2D eigenvalue weighted by Gasteiger charge is 2.12. The van der Waals surface area contributed by atoms with Gasteiger partial charge in [-0.3, -0.25) is 15.1 Å². The molecule has 0 fully saturated rings. The van der Waals surface area contributed by atoms with Crippen LogP contribution in [0.1, 0.15) is 22.3 Å². The summed E-state index contributed by atoms with van der Waals surface area (Å²) in [5.74, 6) is 11.7. The van der Waals surface area contributed by atoms with Crippen molar-refractivity contribution in [1.29, 1.82) is 0 Å². The highest BCUT2D eigenvalue weighted by atomic mass is 16.6. The highest BCUT2D eigenvalue weighted by Crippen LogP contribution is 2.19. The van der Waals surface area contributed by atoms with Gasteiger partial charge in [-0.25, -0.2) is 0 Å². The highest BCUT2D eigenvalue weighted by molar-refractivity contribution is 5.57. The van der Waals surface area contributed by atoms with E-state index in [0.29, 0.717) is 11.1 Å². The van der Waals surface area contributed by atoms with Crippen molar-refractivity contribution in [2.45, 2.75) is 0 Å². The van der Waals surface area contributed by atoms with E-state index in [1.165, 1.54) is 6.07 Å². The molecule has 0 aliphatic heterocycles. The van der Waals surface area contributed by atoms with Crippen molar-refractivity contribution >= 4 is 5.69 Å². The molecule has 0 saturated carbocycles. The van der Waals surface area contributed by atoms with Gasteiger partial charge in [0.25, 0.3) is 5.69 Å². The molecule has 0 saturated heterocycles. The van der Waals surface area contributed by atoms with E-state index in [2.05, 4.69) is 28.7 Å². The SMILES string of the molecule is O=[N+]([O-])c1cc(C#Cc2ccncc2)ccc1C#Cc1ccccc1. The second kappa shape index (κ2) is 7.59. The lowest BCUT2D eigenvalue weighted by Crippen LogP contribution is -1.93. The van der Waals surface area contributed by atoms with E-state index >= 15 is 0 Å². The fourth-order valence-electron chi connectivity index (χ4n) is 2.11. The molecule has 118 valence electrons. The minimum Gasteiger partial charge on any atom is -0.265 e. The van der Waals surface area contributed by atoms with Gasteiger partial charge in [0.1, 0.15) is 5.56 Å². The molecule has 0 N–H and O–H groups in total. The summed E-state index contributed by atoms with van der Waals surface area (Å²) < 4.78 is 0. The zero-order chi connectivity index (χ0) is 17.5. The number of hydrogen-bond donors (Lipinski definition) is 0. The molecule has 0 unspecified atom stereocenters. The number of nitro benzene ring substituents is 1. The van der Waals surface area contributed by atoms with Gasteiger partial charge in [0.15, 0.2) is 0 Å². The fourth-order valence-corrected chi connectivity index (χ4v) is 2.11. The molecule has 0 aliphatic rings. The first-order chi connectivity index (χ1) is 12.2. The first-order valence-corrected chi connectivity index (χ1v) is 7.50. The Morgan fingerprint density at radius 2 is 1.40 bits per heavy atom. The number of aromatic nitrogens is 1. The molecule has 0 aliphatic carbocycles. The third kappa shape index (κ3) is 4.31. The fraction of sp³-hybridized carbons (Fsp3) is 0. The molecule has 2 aromatic carbocycles. The summed E-state index contributed by atoms with van der Waals surface area (Å²) in [4.78, 5) is 14.8. The van der Waals surface area contributed by atoms with Crippen molar-refractivity contribution in [3.8, 4) is 23.7 Å². The number of hydrogen-bond acceptors (Lipinski definition) is 3. The Labute approximate surface area is 145 Å². The van der Waals surface area contributed by atoms with Crippen LogP contribution in [-0.4, -0.2) is 9.91 Å². The van der Waals surface area contributed by atoms with Crippen LogP contribution in [0.5, 0.6) is 0 Å². The summed E-state index contributed by atoms with van der Waals surface area (Å²) in [6, 6.07) is 17.7. The van der Waals surface area contributed by atoms with Gasteiger partial charge in [-0.15, -0.1) is 0 Å². The van der Waals surface area contributed by atoms with Crippen molar-refractivity contribution in [1.82, 2.24) is 4.98 Å². The van der Waals surface area contributed by atoms with Crippen LogP contribution < -0.4 is 0 Å². The average molecular weight is 324 g/mol. The maximum Gasteiger partial charge on any atom is 0.286 e. The van der Waals surface area contributed by atoms with Crippen LogP contribution in [0.15, 0.2) is 73.1 Å². The topological polar surface area (TPSA) is 56.0 Å². The van der Waals surface area contributed by atoms with Gasteiger partial charge in [0.2, 0.25) is 0 Å². The van der Waals surface area contributed by atoms with Gasteiger partial charge in [-0.1, -0.05) is 41.9 Å². The molecule has 3 aromatic rings. The van der Waals surface area contributed by atoms with E-state index in [0.717, 1.165) is 11.1 Å². The number of pyridine rings is 1. The van der Waals surface area contributed by atoms with Crippen LogP contribution in [0, 0.1) is 33.8 Å². The standard InChI is InChI=1S/C21H12N2O2/c24-23(25)21-16-19(7-6-18-12-14-22-15-13-18)9-11-20(21)10-8-17-4-2-1-3-5-17/h1-5,9,11-16H. The van der Waals surface area contributed by atoms with Crippen LogP contribution in [0.2, 0.25) is 0 Å². The summed E-state index contributed by atoms with van der Waals surface area (Å²) in [5, 5.41) is 11.3. The van der Waals surface area contributed by atoms with Gasteiger partial charge in [0.05, 0.1) is 4.92 Å². The quantitative estimate of drug-likeness (QED) is 0.389. The largest absolute Gasteiger partial charge is 0.286 e. The van der Waals surface area contributed by atoms with Gasteiger partial charge in [0, 0.05) is 35.2 Å². The van der Waals surface area contributed by atoms with E-state index in [4.69, 9.17) is 0 Å². The van der Waals surface area contributed by atoms with Crippen LogP contribution >= 0.6 is 0 Å². The van der Waals surface area contributed by atoms with Crippen LogP contribution in [0.4, 0.5) is 5.69 Å². The van der Waals surface area contributed by atoms with Gasteiger partial charge >= 0.3 is 0 Å². The maximum atomic E-state index is 11.3. The van der Waals surface area contributed by atoms with Crippen molar-refractivity contribution < 1.29 is 4.92 Å². The summed E-state index contributed by atoms with van der Waals surface area (Å²) in [7, 11) is 0. The molecule has 3 rings (SSSR count). The Bertz CT molecular complexity index is 1020. The summed E-state index contributed by atoms with van der Waals surface area (Å²) in [6.45, 7) is 0. The average Bonchev–Trinajstić information content (AvgIpc) is 2.66. The first kappa shape index (κ1) is 16.0. The lowest BCUT2D eigenvalue weighted by Gasteiger charge is -1.97. The Balaban J connectivity index is 1.93. The number of nitrogens with zero attached hydrogens (tertiary/aromatic N) is 2. The normalized spacial score (nSPS) is 9.28. The second-order valence-corrected chi connectivity index (χ2v) is 5.09. The smallest absolute Gasteiger partial charge is 0.265 e. The molecule has 0 atom stereocenters. The molecule has 0 radical (unpaired) electrons. The zero-order valence-corrected chi connectivity index (χ0v) is 13.1. The molecular weight excluding hydrogens is 312 g/mol. The van der Waals surface area contributed by atoms with Crippen molar-refractivity contribution in [3.05, 3.63) is 105 Å². The van der Waals surface area contributed by atoms with E-state index in [1.54, 1.807) is 36.7 Å². The Hall–Kier alpha value is -3.89. The Morgan fingerprint density at radius 3 is 2.12 bits per heavy atom. The Kier molecular flexibility index (Phi) is 4.85. The van der Waals surface area contributed by atoms with E-state index < -0.39 is 4.92 Å². The lowest BCUT2D eigenvalue weighted by molar-refractivity contribution is -0.385. The lowest BCUT2D eigenvalue weighted by atomic mass is 10.1.